The summed E-state index contributed by atoms with van der Waals surface area (Å²) in [6.07, 6.45) is 2.32. The highest BCUT2D eigenvalue weighted by Crippen LogP contribution is 2.25. The maximum absolute atomic E-state index is 13.1. The topological polar surface area (TPSA) is 68.3 Å². The zero-order valence-electron chi connectivity index (χ0n) is 21.6. The summed E-state index contributed by atoms with van der Waals surface area (Å²) in [6, 6.07) is 16.0. The van der Waals surface area contributed by atoms with Gasteiger partial charge in [-0.15, -0.1) is 0 Å². The molecule has 3 rings (SSSR count). The van der Waals surface area contributed by atoms with Crippen LogP contribution in [0.25, 0.3) is 0 Å². The summed E-state index contributed by atoms with van der Waals surface area (Å²) in [4.78, 5) is 29.3. The van der Waals surface area contributed by atoms with Gasteiger partial charge in [-0.05, 0) is 63.3 Å². The summed E-state index contributed by atoms with van der Waals surface area (Å²) < 4.78 is 16.0. The van der Waals surface area contributed by atoms with Crippen molar-refractivity contribution < 1.29 is 23.8 Å². The first kappa shape index (κ1) is 26.5. The molecule has 190 valence electrons. The van der Waals surface area contributed by atoms with Gasteiger partial charge in [0, 0.05) is 32.2 Å². The summed E-state index contributed by atoms with van der Waals surface area (Å²) in [5.74, 6) is 0.105. The normalized spacial score (nSPS) is 14.9. The number of carbonyl (C=O) groups excluding carboxylic acids is 2. The van der Waals surface area contributed by atoms with Crippen molar-refractivity contribution in [1.82, 2.24) is 9.80 Å². The number of rotatable bonds is 8. The second-order valence-electron chi connectivity index (χ2n) is 9.94. The minimum absolute atomic E-state index is 0.140. The van der Waals surface area contributed by atoms with E-state index in [-0.39, 0.29) is 12.1 Å². The Kier molecular flexibility index (Phi) is 9.15. The van der Waals surface area contributed by atoms with Gasteiger partial charge in [-0.25, -0.2) is 9.59 Å². The molecule has 7 heteroatoms. The number of amides is 1. The van der Waals surface area contributed by atoms with Crippen molar-refractivity contribution >= 4 is 12.1 Å². The maximum Gasteiger partial charge on any atom is 0.410 e. The first-order chi connectivity index (χ1) is 16.7. The lowest BCUT2D eigenvalue weighted by atomic mass is 10.0. The predicted molar refractivity (Wildman–Crippen MR) is 136 cm³/mol. The Balaban J connectivity index is 1.63. The third-order valence-electron chi connectivity index (χ3n) is 6.19. The van der Waals surface area contributed by atoms with E-state index in [0.29, 0.717) is 17.9 Å². The molecule has 0 spiro atoms. The molecule has 0 saturated carbocycles. The van der Waals surface area contributed by atoms with E-state index in [1.807, 2.05) is 56.0 Å². The number of carbonyl (C=O) groups is 2. The molecule has 0 atom stereocenters. The molecular formula is C28H38N2O5. The third kappa shape index (κ3) is 7.72. The van der Waals surface area contributed by atoms with Gasteiger partial charge in [-0.1, -0.05) is 36.4 Å². The van der Waals surface area contributed by atoms with Crippen LogP contribution < -0.4 is 4.74 Å². The van der Waals surface area contributed by atoms with Crippen molar-refractivity contribution in [2.75, 3.05) is 33.9 Å². The molecule has 35 heavy (non-hydrogen) atoms. The smallest absolute Gasteiger partial charge is 0.410 e. The monoisotopic (exact) mass is 482 g/mol. The van der Waals surface area contributed by atoms with E-state index in [0.717, 1.165) is 44.5 Å². The fourth-order valence-electron chi connectivity index (χ4n) is 4.40. The largest absolute Gasteiger partial charge is 0.496 e. The highest BCUT2D eigenvalue weighted by molar-refractivity contribution is 5.92. The molecule has 1 fully saturated rings. The Labute approximate surface area is 209 Å². The lowest BCUT2D eigenvalue weighted by Gasteiger charge is -2.39. The van der Waals surface area contributed by atoms with E-state index in [2.05, 4.69) is 17.0 Å². The molecule has 1 aliphatic heterocycles. The van der Waals surface area contributed by atoms with Crippen LogP contribution in [0.5, 0.6) is 5.75 Å². The number of hydrogen-bond acceptors (Lipinski definition) is 6. The highest BCUT2D eigenvalue weighted by Gasteiger charge is 2.31. The van der Waals surface area contributed by atoms with Gasteiger partial charge >= 0.3 is 12.1 Å². The number of hydrogen-bond donors (Lipinski definition) is 0. The number of esters is 1. The molecule has 2 aromatic rings. The van der Waals surface area contributed by atoms with Crippen LogP contribution in [0.1, 0.15) is 55.1 Å². The van der Waals surface area contributed by atoms with E-state index in [1.54, 1.807) is 13.2 Å². The SMILES string of the molecule is COC(=O)c1ccc(CN2CCC(N(CCc3ccccc3)C(=O)OC(C)(C)C)CC2)cc1OC. The average molecular weight is 483 g/mol. The molecule has 0 aromatic heterocycles. The lowest BCUT2D eigenvalue weighted by Crippen LogP contribution is -2.49. The number of methoxy groups -OCH3 is 2. The minimum atomic E-state index is -0.530. The fraction of sp³-hybridized carbons (Fsp3) is 0.500. The van der Waals surface area contributed by atoms with Crippen LogP contribution >= 0.6 is 0 Å². The van der Waals surface area contributed by atoms with Crippen LogP contribution in [-0.4, -0.2) is 67.4 Å². The zero-order chi connectivity index (χ0) is 25.4. The molecule has 1 heterocycles. The van der Waals surface area contributed by atoms with Gasteiger partial charge in [-0.3, -0.25) is 4.90 Å². The first-order valence-electron chi connectivity index (χ1n) is 12.2. The summed E-state index contributed by atoms with van der Waals surface area (Å²) >= 11 is 0. The second kappa shape index (κ2) is 12.1. The van der Waals surface area contributed by atoms with Gasteiger partial charge in [0.2, 0.25) is 0 Å². The molecule has 2 aromatic carbocycles. The lowest BCUT2D eigenvalue weighted by molar-refractivity contribution is 0.00805. The second-order valence-corrected chi connectivity index (χ2v) is 9.94. The standard InChI is InChI=1S/C28H38N2O5/c1-28(2,3)35-27(32)30(18-13-21-9-7-6-8-10-21)23-14-16-29(17-15-23)20-22-11-12-24(26(31)34-5)25(19-22)33-4/h6-12,19,23H,13-18,20H2,1-5H3. The predicted octanol–water partition coefficient (Wildman–Crippen LogP) is 4.93. The van der Waals surface area contributed by atoms with Crippen molar-refractivity contribution in [1.29, 1.82) is 0 Å². The zero-order valence-corrected chi connectivity index (χ0v) is 21.6. The van der Waals surface area contributed by atoms with E-state index < -0.39 is 11.6 Å². The number of benzene rings is 2. The summed E-state index contributed by atoms with van der Waals surface area (Å²) in [5.41, 5.74) is 2.17. The number of ether oxygens (including phenoxy) is 3. The van der Waals surface area contributed by atoms with Crippen molar-refractivity contribution in [3.05, 3.63) is 65.2 Å². The third-order valence-corrected chi connectivity index (χ3v) is 6.19. The van der Waals surface area contributed by atoms with Crippen molar-refractivity contribution in [2.45, 2.75) is 58.2 Å². The van der Waals surface area contributed by atoms with Crippen molar-refractivity contribution in [3.8, 4) is 5.75 Å². The molecule has 0 bridgehead atoms. The van der Waals surface area contributed by atoms with Gasteiger partial charge in [0.1, 0.15) is 16.9 Å². The minimum Gasteiger partial charge on any atom is -0.496 e. The van der Waals surface area contributed by atoms with E-state index in [4.69, 9.17) is 14.2 Å². The molecular weight excluding hydrogens is 444 g/mol. The number of likely N-dealkylation sites (tertiary alicyclic amines) is 1. The highest BCUT2D eigenvalue weighted by atomic mass is 16.6. The van der Waals surface area contributed by atoms with Gasteiger partial charge in [0.15, 0.2) is 0 Å². The van der Waals surface area contributed by atoms with Gasteiger partial charge in [0.25, 0.3) is 0 Å². The first-order valence-corrected chi connectivity index (χ1v) is 12.2. The summed E-state index contributed by atoms with van der Waals surface area (Å²) in [6.45, 7) is 8.84. The molecule has 0 N–H and O–H groups in total. The molecule has 1 saturated heterocycles. The van der Waals surface area contributed by atoms with Crippen LogP contribution in [0.15, 0.2) is 48.5 Å². The summed E-state index contributed by atoms with van der Waals surface area (Å²) in [5, 5.41) is 0. The van der Waals surface area contributed by atoms with Crippen molar-refractivity contribution in [2.24, 2.45) is 0 Å². The van der Waals surface area contributed by atoms with E-state index in [9.17, 15) is 9.59 Å². The van der Waals surface area contributed by atoms with Gasteiger partial charge in [-0.2, -0.15) is 0 Å². The van der Waals surface area contributed by atoms with Gasteiger partial charge < -0.3 is 19.1 Å². The summed E-state index contributed by atoms with van der Waals surface area (Å²) in [7, 11) is 2.91. The molecule has 1 amide bonds. The van der Waals surface area contributed by atoms with Gasteiger partial charge in [0.05, 0.1) is 14.2 Å². The molecule has 0 unspecified atom stereocenters. The van der Waals surface area contributed by atoms with Crippen LogP contribution in [0.4, 0.5) is 4.79 Å². The van der Waals surface area contributed by atoms with Crippen LogP contribution in [0.2, 0.25) is 0 Å². The Bertz CT molecular complexity index is 979. The number of piperidine rings is 1. The Hall–Kier alpha value is -3.06. The Morgan fingerprint density at radius 1 is 1.00 bits per heavy atom. The Morgan fingerprint density at radius 3 is 2.29 bits per heavy atom. The van der Waals surface area contributed by atoms with E-state index >= 15 is 0 Å². The maximum atomic E-state index is 13.1. The van der Waals surface area contributed by atoms with Crippen molar-refractivity contribution in [3.63, 3.8) is 0 Å². The van der Waals surface area contributed by atoms with Crippen LogP contribution in [0, 0.1) is 0 Å². The molecule has 1 aliphatic rings. The Morgan fingerprint density at radius 2 is 1.69 bits per heavy atom. The van der Waals surface area contributed by atoms with Crippen LogP contribution in [0.3, 0.4) is 0 Å². The molecule has 7 nitrogen and oxygen atoms in total. The quantitative estimate of drug-likeness (QED) is 0.497. The number of nitrogens with zero attached hydrogens (tertiary/aromatic N) is 2. The molecule has 0 aliphatic carbocycles. The van der Waals surface area contributed by atoms with E-state index in [1.165, 1.54) is 12.7 Å². The fourth-order valence-corrected chi connectivity index (χ4v) is 4.40. The van der Waals surface area contributed by atoms with Crippen LogP contribution in [-0.2, 0) is 22.4 Å². The average Bonchev–Trinajstić information content (AvgIpc) is 2.84. The molecule has 0 radical (unpaired) electrons.